The van der Waals surface area contributed by atoms with Crippen LogP contribution < -0.4 is 10.6 Å². The van der Waals surface area contributed by atoms with Gasteiger partial charge < -0.3 is 10.6 Å². The van der Waals surface area contributed by atoms with Gasteiger partial charge >= 0.3 is 6.18 Å². The minimum Gasteiger partial charge on any atom is -0.347 e. The molecule has 1 fully saturated rings. The lowest BCUT2D eigenvalue weighted by atomic mass is 10.0. The number of carbonyl (C=O) groups is 2. The molecule has 0 spiro atoms. The summed E-state index contributed by atoms with van der Waals surface area (Å²) in [6.45, 7) is 5.52. The fraction of sp³-hybridized carbons (Fsp3) is 0.364. The van der Waals surface area contributed by atoms with Crippen LogP contribution >= 0.6 is 0 Å². The van der Waals surface area contributed by atoms with E-state index in [1.165, 1.54) is 18.2 Å². The third-order valence-corrected chi connectivity index (χ3v) is 5.16. The first-order chi connectivity index (χ1) is 13.6. The predicted molar refractivity (Wildman–Crippen MR) is 105 cm³/mol. The summed E-state index contributed by atoms with van der Waals surface area (Å²) in [7, 11) is 0. The molecule has 2 atom stereocenters. The van der Waals surface area contributed by atoms with Crippen molar-refractivity contribution in [2.75, 3.05) is 11.9 Å². The number of halogens is 3. The molecule has 0 heterocycles. The molecular formula is C22H23F3N2O2. The van der Waals surface area contributed by atoms with Crippen LogP contribution in [-0.2, 0) is 15.8 Å². The molecule has 7 heteroatoms. The molecule has 0 radical (unpaired) electrons. The van der Waals surface area contributed by atoms with Gasteiger partial charge in [0.1, 0.15) is 0 Å². The molecule has 154 valence electrons. The van der Waals surface area contributed by atoms with Gasteiger partial charge in [-0.1, -0.05) is 35.9 Å². The monoisotopic (exact) mass is 404 g/mol. The van der Waals surface area contributed by atoms with Gasteiger partial charge in [-0.3, -0.25) is 9.59 Å². The maximum absolute atomic E-state index is 13.2. The van der Waals surface area contributed by atoms with E-state index in [9.17, 15) is 22.8 Å². The quantitative estimate of drug-likeness (QED) is 0.772. The third kappa shape index (κ3) is 4.78. The van der Waals surface area contributed by atoms with Gasteiger partial charge in [0.15, 0.2) is 0 Å². The maximum atomic E-state index is 13.2. The first-order valence-corrected chi connectivity index (χ1v) is 9.39. The summed E-state index contributed by atoms with van der Waals surface area (Å²) in [4.78, 5) is 24.5. The van der Waals surface area contributed by atoms with Crippen molar-refractivity contribution in [3.8, 4) is 0 Å². The average molecular weight is 404 g/mol. The normalized spacial score (nSPS) is 18.3. The van der Waals surface area contributed by atoms with Gasteiger partial charge in [0.05, 0.1) is 12.1 Å². The van der Waals surface area contributed by atoms with Crippen LogP contribution in [0.5, 0.6) is 0 Å². The van der Waals surface area contributed by atoms with Crippen LogP contribution in [0.3, 0.4) is 0 Å². The Morgan fingerprint density at radius 2 is 1.69 bits per heavy atom. The molecule has 3 rings (SSSR count). The summed E-state index contributed by atoms with van der Waals surface area (Å²) in [6, 6.07) is 9.22. The van der Waals surface area contributed by atoms with Crippen LogP contribution in [0.15, 0.2) is 36.4 Å². The molecule has 1 aliphatic carbocycles. The lowest BCUT2D eigenvalue weighted by Gasteiger charge is -2.14. The second-order valence-corrected chi connectivity index (χ2v) is 7.57. The third-order valence-electron chi connectivity index (χ3n) is 5.16. The summed E-state index contributed by atoms with van der Waals surface area (Å²) >= 11 is 0. The fourth-order valence-electron chi connectivity index (χ4n) is 3.77. The highest BCUT2D eigenvalue weighted by Gasteiger charge is 2.47. The number of aryl methyl sites for hydroxylation is 3. The molecule has 1 saturated carbocycles. The molecule has 1 aliphatic rings. The smallest absolute Gasteiger partial charge is 0.347 e. The lowest BCUT2D eigenvalue weighted by Crippen LogP contribution is -2.34. The Hall–Kier alpha value is -2.83. The Morgan fingerprint density at radius 3 is 2.31 bits per heavy atom. The molecule has 29 heavy (non-hydrogen) atoms. The molecule has 0 saturated heterocycles. The molecule has 0 bridgehead atoms. The van der Waals surface area contributed by atoms with Crippen LogP contribution in [0, 0.1) is 26.7 Å². The predicted octanol–water partition coefficient (Wildman–Crippen LogP) is 4.49. The summed E-state index contributed by atoms with van der Waals surface area (Å²) in [5.41, 5.74) is 3.07. The van der Waals surface area contributed by atoms with Crippen molar-refractivity contribution in [2.24, 2.45) is 5.92 Å². The van der Waals surface area contributed by atoms with E-state index < -0.39 is 29.5 Å². The molecule has 2 amide bonds. The van der Waals surface area contributed by atoms with Gasteiger partial charge in [0.25, 0.3) is 0 Å². The minimum atomic E-state index is -4.45. The summed E-state index contributed by atoms with van der Waals surface area (Å²) in [5.74, 6) is -1.80. The topological polar surface area (TPSA) is 58.2 Å². The van der Waals surface area contributed by atoms with Crippen molar-refractivity contribution in [3.63, 3.8) is 0 Å². The summed E-state index contributed by atoms with van der Waals surface area (Å²) < 4.78 is 39.5. The first-order valence-electron chi connectivity index (χ1n) is 9.39. The van der Waals surface area contributed by atoms with Crippen molar-refractivity contribution in [2.45, 2.75) is 39.3 Å². The van der Waals surface area contributed by atoms with Gasteiger partial charge in [-0.25, -0.2) is 0 Å². The summed E-state index contributed by atoms with van der Waals surface area (Å²) in [6.07, 6.45) is -4.11. The highest BCUT2D eigenvalue weighted by atomic mass is 19.4. The Kier molecular flexibility index (Phi) is 5.68. The number of alkyl halides is 3. The summed E-state index contributed by atoms with van der Waals surface area (Å²) in [5, 5.41) is 5.33. The van der Waals surface area contributed by atoms with Crippen LogP contribution in [0.1, 0.15) is 40.2 Å². The minimum absolute atomic E-state index is 0.135. The van der Waals surface area contributed by atoms with Crippen LogP contribution in [0.4, 0.5) is 18.9 Å². The molecule has 2 N–H and O–H groups in total. The van der Waals surface area contributed by atoms with E-state index in [1.807, 2.05) is 32.9 Å². The number of hydrogen-bond acceptors (Lipinski definition) is 2. The lowest BCUT2D eigenvalue weighted by molar-refractivity contribution is -0.138. The Morgan fingerprint density at radius 1 is 1.07 bits per heavy atom. The van der Waals surface area contributed by atoms with Gasteiger partial charge in [-0.2, -0.15) is 13.2 Å². The van der Waals surface area contributed by atoms with Gasteiger partial charge in [-0.05, 0) is 55.9 Å². The molecule has 0 aliphatic heterocycles. The van der Waals surface area contributed by atoms with E-state index in [-0.39, 0.29) is 18.0 Å². The Labute approximate surface area is 167 Å². The number of rotatable bonds is 5. The molecule has 2 unspecified atom stereocenters. The van der Waals surface area contributed by atoms with Crippen LogP contribution in [-0.4, -0.2) is 18.4 Å². The maximum Gasteiger partial charge on any atom is 0.416 e. The zero-order valence-electron chi connectivity index (χ0n) is 16.5. The van der Waals surface area contributed by atoms with Gasteiger partial charge in [0.2, 0.25) is 11.8 Å². The molecule has 0 aromatic heterocycles. The fourth-order valence-corrected chi connectivity index (χ4v) is 3.77. The Balaban J connectivity index is 1.58. The van der Waals surface area contributed by atoms with Crippen LogP contribution in [0.2, 0.25) is 0 Å². The number of nitrogens with one attached hydrogen (secondary N) is 2. The van der Waals surface area contributed by atoms with Crippen LogP contribution in [0.25, 0.3) is 0 Å². The number of amides is 2. The van der Waals surface area contributed by atoms with E-state index in [2.05, 4.69) is 10.6 Å². The zero-order valence-corrected chi connectivity index (χ0v) is 16.5. The number of benzene rings is 2. The van der Waals surface area contributed by atoms with E-state index in [4.69, 9.17) is 0 Å². The number of anilines is 1. The molecule has 2 aromatic rings. The highest BCUT2D eigenvalue weighted by molar-refractivity contribution is 5.96. The number of carbonyl (C=O) groups excluding carboxylic acids is 2. The SMILES string of the molecule is Cc1cc(C)c(NC(=O)CNC(=O)C2CC2c2ccccc2C(F)(F)F)c(C)c1. The standard InChI is InChI=1S/C22H23F3N2O2/c1-12-8-13(2)20(14(3)9-12)27-19(28)11-26-21(29)17-10-16(17)15-6-4-5-7-18(15)22(23,24)25/h4-9,16-17H,10-11H2,1-3H3,(H,26,29)(H,27,28). The second-order valence-electron chi connectivity index (χ2n) is 7.57. The van der Waals surface area contributed by atoms with E-state index in [1.54, 1.807) is 0 Å². The van der Waals surface area contributed by atoms with E-state index in [0.29, 0.717) is 12.1 Å². The van der Waals surface area contributed by atoms with Crippen molar-refractivity contribution in [1.29, 1.82) is 0 Å². The average Bonchev–Trinajstić information content (AvgIpc) is 3.43. The van der Waals surface area contributed by atoms with Gasteiger partial charge in [0, 0.05) is 11.6 Å². The van der Waals surface area contributed by atoms with Crippen molar-refractivity contribution in [3.05, 3.63) is 64.2 Å². The number of hydrogen-bond donors (Lipinski definition) is 2. The van der Waals surface area contributed by atoms with Crippen molar-refractivity contribution < 1.29 is 22.8 Å². The molecular weight excluding hydrogens is 381 g/mol. The molecule has 4 nitrogen and oxygen atoms in total. The first kappa shape index (κ1) is 20.9. The molecule has 2 aromatic carbocycles. The van der Waals surface area contributed by atoms with E-state index in [0.717, 1.165) is 22.8 Å². The van der Waals surface area contributed by atoms with Crippen molar-refractivity contribution >= 4 is 17.5 Å². The Bertz CT molecular complexity index is 930. The second kappa shape index (κ2) is 7.89. The highest BCUT2D eigenvalue weighted by Crippen LogP contribution is 2.51. The van der Waals surface area contributed by atoms with Crippen molar-refractivity contribution in [1.82, 2.24) is 5.32 Å². The van der Waals surface area contributed by atoms with E-state index >= 15 is 0 Å². The van der Waals surface area contributed by atoms with Gasteiger partial charge in [-0.15, -0.1) is 0 Å². The zero-order chi connectivity index (χ0) is 21.3. The largest absolute Gasteiger partial charge is 0.416 e.